The summed E-state index contributed by atoms with van der Waals surface area (Å²) in [5.41, 5.74) is 3.76. The first kappa shape index (κ1) is 45.5. The fourth-order valence-corrected chi connectivity index (χ4v) is 12.4. The molecule has 9 aromatic rings. The summed E-state index contributed by atoms with van der Waals surface area (Å²) < 4.78 is 0. The van der Waals surface area contributed by atoms with E-state index in [-0.39, 0.29) is 19.5 Å². The van der Waals surface area contributed by atoms with Crippen molar-refractivity contribution in [2.45, 2.75) is 13.8 Å². The maximum atomic E-state index is 4.63. The number of nitrogens with zero attached hydrogens (tertiary/aromatic N) is 5. The van der Waals surface area contributed by atoms with Gasteiger partial charge in [0.25, 0.3) is 0 Å². The number of benzene rings is 7. The SMILES string of the molecule is Cc1cccc(N=C2[N-]C(=Nc3cccc(C)n3)c3ccccc32)n1.[RuH+].c1ccc([PH+](c2ccccc2)c2ccccc2)cc1.c1ccc([PH+](c2ccccc2)c2ccccc2)cc1. The maximum absolute atomic E-state index is 4.63. The standard InChI is InChI=1S/C20H16N5.2C18H15P.Ru.H/c1-13-7-5-11-17(21-13)23-19-15-9-3-4-10-16(15)20(25-19)24-18-12-6-8-14(2)22-18;2*1-4-10-16(11-5-1)19(17-12-6-2-7-13-17)18-14-8-3-9-15-18;;/h3-12H,1-2H3;2*1-15H;;/q-1;;;+1;/p+2. The number of rotatable bonds is 8. The zero-order chi connectivity index (χ0) is 43.1. The van der Waals surface area contributed by atoms with E-state index in [9.17, 15) is 0 Å². The average molecular weight is 955 g/mol. The van der Waals surface area contributed by atoms with E-state index in [0.29, 0.717) is 23.3 Å². The largest absolute Gasteiger partial charge is 0.102 e. The summed E-state index contributed by atoms with van der Waals surface area (Å²) in [5.74, 6) is 2.53. The molecule has 1 aliphatic rings. The van der Waals surface area contributed by atoms with Gasteiger partial charge in [0.15, 0.2) is 0 Å². The zero-order valence-corrected chi connectivity index (χ0v) is 39.6. The van der Waals surface area contributed by atoms with Crippen LogP contribution in [0.2, 0.25) is 0 Å². The van der Waals surface area contributed by atoms with Gasteiger partial charge in [-0.3, -0.25) is 9.97 Å². The summed E-state index contributed by atoms with van der Waals surface area (Å²) in [7, 11) is -1.75. The molecule has 0 spiro atoms. The van der Waals surface area contributed by atoms with Crippen molar-refractivity contribution in [3.8, 4) is 0 Å². The zero-order valence-electron chi connectivity index (χ0n) is 35.7. The molecule has 0 bridgehead atoms. The molecule has 2 aromatic heterocycles. The molecule has 1 aliphatic heterocycles. The fourth-order valence-electron chi connectivity index (χ4n) is 7.29. The molecule has 8 heteroatoms. The van der Waals surface area contributed by atoms with Crippen LogP contribution in [-0.2, 0) is 19.5 Å². The van der Waals surface area contributed by atoms with Crippen LogP contribution in [0.5, 0.6) is 0 Å². The van der Waals surface area contributed by atoms with E-state index in [1.807, 2.05) is 74.5 Å². The molecule has 0 saturated carbocycles. The van der Waals surface area contributed by atoms with Gasteiger partial charge in [0.05, 0.1) is 27.5 Å². The van der Waals surface area contributed by atoms with Crippen LogP contribution in [0, 0.1) is 13.8 Å². The molecule has 0 amide bonds. The molecular formula is C56H49N5P2Ru+2. The number of fused-ring (bicyclic) bond motifs is 1. The third-order valence-electron chi connectivity index (χ3n) is 10.2. The van der Waals surface area contributed by atoms with E-state index in [1.165, 1.54) is 31.8 Å². The van der Waals surface area contributed by atoms with Gasteiger partial charge in [-0.05, 0) is 122 Å². The number of aliphatic imine (C=N–C) groups is 2. The van der Waals surface area contributed by atoms with Crippen molar-refractivity contribution in [2.75, 3.05) is 0 Å². The first-order valence-corrected chi connectivity index (χ1v) is 24.0. The van der Waals surface area contributed by atoms with Crippen LogP contribution in [-0.4, -0.2) is 21.6 Å². The second-order valence-electron chi connectivity index (χ2n) is 14.7. The summed E-state index contributed by atoms with van der Waals surface area (Å²) in [5, 5.41) is 13.2. The van der Waals surface area contributed by atoms with Crippen molar-refractivity contribution in [1.82, 2.24) is 9.97 Å². The van der Waals surface area contributed by atoms with E-state index in [1.54, 1.807) is 0 Å². The smallest absolute Gasteiger partial charge is 0.0620 e. The minimum Gasteiger partial charge on any atom is -0.0620 e. The van der Waals surface area contributed by atoms with Crippen LogP contribution in [0.1, 0.15) is 22.5 Å². The molecule has 0 aliphatic carbocycles. The molecule has 0 fully saturated rings. The van der Waals surface area contributed by atoms with Gasteiger partial charge in [0.1, 0.15) is 31.8 Å². The van der Waals surface area contributed by atoms with Crippen LogP contribution in [0.15, 0.2) is 253 Å². The van der Waals surface area contributed by atoms with Crippen molar-refractivity contribution < 1.29 is 19.5 Å². The molecule has 0 atom stereocenters. The monoisotopic (exact) mass is 955 g/mol. The van der Waals surface area contributed by atoms with E-state index < -0.39 is 15.8 Å². The first-order chi connectivity index (χ1) is 31.1. The summed E-state index contributed by atoms with van der Waals surface area (Å²) >= 11 is 0. The predicted octanol–water partition coefficient (Wildman–Crippen LogP) is 10.7. The van der Waals surface area contributed by atoms with Gasteiger partial charge in [-0.2, -0.15) is 0 Å². The fraction of sp³-hybridized carbons (Fsp3) is 0.0357. The normalized spacial score (nSPS) is 12.6. The van der Waals surface area contributed by atoms with E-state index in [0.717, 1.165) is 22.5 Å². The Bertz CT molecular complexity index is 2500. The molecule has 64 heavy (non-hydrogen) atoms. The average Bonchev–Trinajstić information content (AvgIpc) is 3.67. The summed E-state index contributed by atoms with van der Waals surface area (Å²) in [6.45, 7) is 3.89. The summed E-state index contributed by atoms with van der Waals surface area (Å²) in [6.07, 6.45) is 0. The van der Waals surface area contributed by atoms with Crippen LogP contribution < -0.4 is 31.8 Å². The van der Waals surface area contributed by atoms with Gasteiger partial charge in [-0.15, -0.1) is 0 Å². The van der Waals surface area contributed by atoms with E-state index in [4.69, 9.17) is 0 Å². The van der Waals surface area contributed by atoms with E-state index >= 15 is 0 Å². The quantitative estimate of drug-likeness (QED) is 0.113. The Morgan fingerprint density at radius 2 is 0.562 bits per heavy atom. The molecule has 7 aromatic carbocycles. The number of amidine groups is 2. The Labute approximate surface area is 392 Å². The minimum atomic E-state index is -0.877. The number of hydrogen-bond acceptors (Lipinski definition) is 4. The van der Waals surface area contributed by atoms with Crippen LogP contribution >= 0.6 is 15.8 Å². The third kappa shape index (κ3) is 12.1. The van der Waals surface area contributed by atoms with Gasteiger partial charge in [0, 0.05) is 23.1 Å². The molecule has 0 unspecified atom stereocenters. The Balaban J connectivity index is 0.000000144. The topological polar surface area (TPSA) is 64.6 Å². The Morgan fingerprint density at radius 3 is 0.812 bits per heavy atom. The summed E-state index contributed by atoms with van der Waals surface area (Å²) in [4.78, 5) is 18.1. The second kappa shape index (κ2) is 23.2. The van der Waals surface area contributed by atoms with Gasteiger partial charge in [-0.1, -0.05) is 146 Å². The number of aromatic nitrogens is 2. The summed E-state index contributed by atoms with van der Waals surface area (Å²) in [6, 6.07) is 84.4. The van der Waals surface area contributed by atoms with Crippen molar-refractivity contribution >= 4 is 71.0 Å². The Morgan fingerprint density at radius 1 is 0.312 bits per heavy atom. The number of aryl methyl sites for hydroxylation is 2. The molecule has 3 heterocycles. The maximum Gasteiger partial charge on any atom is 0.102 e. The predicted molar refractivity (Wildman–Crippen MR) is 275 cm³/mol. The Kier molecular flexibility index (Phi) is 16.5. The number of hydrogen-bond donors (Lipinski definition) is 0. The molecule has 1 radical (unpaired) electrons. The Hall–Kier alpha value is -6.54. The second-order valence-corrected chi connectivity index (χ2v) is 19.7. The van der Waals surface area contributed by atoms with Crippen LogP contribution in [0.4, 0.5) is 11.6 Å². The van der Waals surface area contributed by atoms with E-state index in [2.05, 4.69) is 207 Å². The molecule has 0 N–H and O–H groups in total. The van der Waals surface area contributed by atoms with Gasteiger partial charge in [0.2, 0.25) is 0 Å². The van der Waals surface area contributed by atoms with Crippen molar-refractivity contribution in [3.05, 3.63) is 270 Å². The third-order valence-corrected chi connectivity index (χ3v) is 15.6. The van der Waals surface area contributed by atoms with Gasteiger partial charge >= 0.3 is 19.5 Å². The molecule has 0 saturated heterocycles. The van der Waals surface area contributed by atoms with Gasteiger partial charge < -0.3 is 15.3 Å². The van der Waals surface area contributed by atoms with Crippen molar-refractivity contribution in [2.24, 2.45) is 9.98 Å². The minimum absolute atomic E-state index is 0. The molecule has 314 valence electrons. The molecule has 10 rings (SSSR count). The van der Waals surface area contributed by atoms with Gasteiger partial charge in [-0.25, -0.2) is 0 Å². The van der Waals surface area contributed by atoms with Crippen molar-refractivity contribution in [1.29, 1.82) is 0 Å². The molecular weight excluding hydrogens is 906 g/mol. The first-order valence-electron chi connectivity index (χ1n) is 21.0. The van der Waals surface area contributed by atoms with Crippen LogP contribution in [0.3, 0.4) is 0 Å². The number of pyridine rings is 2. The van der Waals surface area contributed by atoms with Crippen LogP contribution in [0.25, 0.3) is 5.32 Å². The molecule has 5 nitrogen and oxygen atoms in total. The van der Waals surface area contributed by atoms with Crippen molar-refractivity contribution in [3.63, 3.8) is 0 Å².